The lowest BCUT2D eigenvalue weighted by molar-refractivity contribution is 0.120. The molecule has 0 amide bonds. The normalized spacial score (nSPS) is 17.4. The Morgan fingerprint density at radius 2 is 2.23 bits per heavy atom. The topological polar surface area (TPSA) is 72.0 Å². The fourth-order valence-electron chi connectivity index (χ4n) is 2.54. The maximum Gasteiger partial charge on any atom is 0.249 e. The molecule has 1 unspecified atom stereocenters. The number of nitrogens with zero attached hydrogens (tertiary/aromatic N) is 3. The highest BCUT2D eigenvalue weighted by Gasteiger charge is 2.15. The first-order valence-electron chi connectivity index (χ1n) is 7.75. The van der Waals surface area contributed by atoms with Crippen LogP contribution in [0, 0.1) is 0 Å². The zero-order chi connectivity index (χ0) is 15.2. The SMILES string of the molecule is CCc1ccccc1Nc1nncc(NCC2CCCO2)n1. The van der Waals surface area contributed by atoms with E-state index < -0.39 is 0 Å². The molecule has 1 atom stereocenters. The molecular weight excluding hydrogens is 278 g/mol. The lowest BCUT2D eigenvalue weighted by Gasteiger charge is -2.12. The summed E-state index contributed by atoms with van der Waals surface area (Å²) < 4.78 is 5.59. The molecule has 0 radical (unpaired) electrons. The van der Waals surface area contributed by atoms with Crippen LogP contribution in [0.3, 0.4) is 0 Å². The van der Waals surface area contributed by atoms with Crippen molar-refractivity contribution in [2.75, 3.05) is 23.8 Å². The summed E-state index contributed by atoms with van der Waals surface area (Å²) in [5.41, 5.74) is 2.24. The number of anilines is 3. The first-order valence-corrected chi connectivity index (χ1v) is 7.75. The summed E-state index contributed by atoms with van der Waals surface area (Å²) >= 11 is 0. The number of hydrogen-bond donors (Lipinski definition) is 2. The minimum atomic E-state index is 0.271. The monoisotopic (exact) mass is 299 g/mol. The molecule has 1 saturated heterocycles. The average molecular weight is 299 g/mol. The van der Waals surface area contributed by atoms with Crippen LogP contribution in [0.4, 0.5) is 17.5 Å². The second kappa shape index (κ2) is 7.17. The Hall–Kier alpha value is -2.21. The summed E-state index contributed by atoms with van der Waals surface area (Å²) in [4.78, 5) is 4.45. The first-order chi connectivity index (χ1) is 10.8. The molecule has 1 aliphatic heterocycles. The summed E-state index contributed by atoms with van der Waals surface area (Å²) in [5, 5.41) is 14.5. The second-order valence-corrected chi connectivity index (χ2v) is 5.32. The molecule has 3 rings (SSSR count). The van der Waals surface area contributed by atoms with Gasteiger partial charge in [-0.05, 0) is 30.9 Å². The van der Waals surface area contributed by atoms with Crippen LogP contribution in [-0.2, 0) is 11.2 Å². The number of aryl methyl sites for hydroxylation is 1. The molecule has 0 saturated carbocycles. The van der Waals surface area contributed by atoms with Gasteiger partial charge < -0.3 is 15.4 Å². The van der Waals surface area contributed by atoms with Gasteiger partial charge in [0.25, 0.3) is 0 Å². The summed E-state index contributed by atoms with van der Waals surface area (Å²) in [5.74, 6) is 1.21. The maximum atomic E-state index is 5.59. The second-order valence-electron chi connectivity index (χ2n) is 5.32. The van der Waals surface area contributed by atoms with E-state index in [2.05, 4.69) is 38.8 Å². The van der Waals surface area contributed by atoms with Crippen molar-refractivity contribution < 1.29 is 4.74 Å². The summed E-state index contributed by atoms with van der Waals surface area (Å²) in [6, 6.07) is 8.14. The minimum absolute atomic E-state index is 0.271. The third kappa shape index (κ3) is 3.71. The Bertz CT molecular complexity index is 613. The van der Waals surface area contributed by atoms with Crippen molar-refractivity contribution in [2.24, 2.45) is 0 Å². The van der Waals surface area contributed by atoms with Crippen LogP contribution in [0.25, 0.3) is 0 Å². The standard InChI is InChI=1S/C16H21N5O/c1-2-12-6-3-4-8-14(12)19-16-20-15(11-18-21-16)17-10-13-7-5-9-22-13/h3-4,6,8,11,13H,2,5,7,9-10H2,1H3,(H2,17,19,20,21). The van der Waals surface area contributed by atoms with Crippen molar-refractivity contribution in [3.05, 3.63) is 36.0 Å². The predicted octanol–water partition coefficient (Wildman–Crippen LogP) is 2.77. The van der Waals surface area contributed by atoms with Gasteiger partial charge in [-0.1, -0.05) is 25.1 Å². The van der Waals surface area contributed by atoms with Crippen molar-refractivity contribution >= 4 is 17.5 Å². The molecule has 2 N–H and O–H groups in total. The Morgan fingerprint density at radius 3 is 3.05 bits per heavy atom. The molecule has 22 heavy (non-hydrogen) atoms. The molecule has 0 bridgehead atoms. The maximum absolute atomic E-state index is 5.59. The predicted molar refractivity (Wildman–Crippen MR) is 86.4 cm³/mol. The van der Waals surface area contributed by atoms with Gasteiger partial charge in [-0.3, -0.25) is 0 Å². The fraction of sp³-hybridized carbons (Fsp3) is 0.438. The largest absolute Gasteiger partial charge is 0.376 e. The van der Waals surface area contributed by atoms with Crippen molar-refractivity contribution in [3.63, 3.8) is 0 Å². The molecule has 1 aromatic carbocycles. The van der Waals surface area contributed by atoms with E-state index in [9.17, 15) is 0 Å². The van der Waals surface area contributed by atoms with E-state index in [1.54, 1.807) is 6.20 Å². The van der Waals surface area contributed by atoms with Crippen molar-refractivity contribution in [1.29, 1.82) is 0 Å². The molecule has 116 valence electrons. The fourth-order valence-corrected chi connectivity index (χ4v) is 2.54. The van der Waals surface area contributed by atoms with Gasteiger partial charge in [0.1, 0.15) is 0 Å². The average Bonchev–Trinajstić information content (AvgIpc) is 3.07. The van der Waals surface area contributed by atoms with Gasteiger partial charge in [-0.15, -0.1) is 5.10 Å². The number of ether oxygens (including phenoxy) is 1. The number of para-hydroxylation sites is 1. The third-order valence-corrected chi connectivity index (χ3v) is 3.74. The van der Waals surface area contributed by atoms with Crippen molar-refractivity contribution in [2.45, 2.75) is 32.3 Å². The number of hydrogen-bond acceptors (Lipinski definition) is 6. The smallest absolute Gasteiger partial charge is 0.249 e. The van der Waals surface area contributed by atoms with Crippen LogP contribution >= 0.6 is 0 Å². The van der Waals surface area contributed by atoms with Gasteiger partial charge in [-0.2, -0.15) is 10.1 Å². The van der Waals surface area contributed by atoms with Gasteiger partial charge in [0.2, 0.25) is 5.95 Å². The van der Waals surface area contributed by atoms with E-state index in [1.807, 2.05) is 18.2 Å². The Balaban J connectivity index is 1.65. The van der Waals surface area contributed by atoms with Gasteiger partial charge in [0, 0.05) is 18.8 Å². The highest BCUT2D eigenvalue weighted by atomic mass is 16.5. The van der Waals surface area contributed by atoms with E-state index in [0.29, 0.717) is 11.8 Å². The number of benzene rings is 1. The van der Waals surface area contributed by atoms with Crippen molar-refractivity contribution in [1.82, 2.24) is 15.2 Å². The van der Waals surface area contributed by atoms with E-state index in [4.69, 9.17) is 4.74 Å². The zero-order valence-electron chi connectivity index (χ0n) is 12.7. The Kier molecular flexibility index (Phi) is 4.80. The van der Waals surface area contributed by atoms with Gasteiger partial charge in [0.15, 0.2) is 5.82 Å². The van der Waals surface area contributed by atoms with Crippen LogP contribution in [0.1, 0.15) is 25.3 Å². The highest BCUT2D eigenvalue weighted by molar-refractivity contribution is 5.58. The molecule has 6 heteroatoms. The zero-order valence-corrected chi connectivity index (χ0v) is 12.7. The quantitative estimate of drug-likeness (QED) is 0.854. The summed E-state index contributed by atoms with van der Waals surface area (Å²) in [7, 11) is 0. The van der Waals surface area contributed by atoms with Crippen LogP contribution in [0.2, 0.25) is 0 Å². The Morgan fingerprint density at radius 1 is 1.32 bits per heavy atom. The summed E-state index contributed by atoms with van der Waals surface area (Å²) in [6.45, 7) is 3.73. The first kappa shape index (κ1) is 14.7. The number of nitrogens with one attached hydrogen (secondary N) is 2. The highest BCUT2D eigenvalue weighted by Crippen LogP contribution is 2.19. The van der Waals surface area contributed by atoms with Crippen LogP contribution < -0.4 is 10.6 Å². The molecule has 2 aromatic rings. The third-order valence-electron chi connectivity index (χ3n) is 3.74. The minimum Gasteiger partial charge on any atom is -0.376 e. The van der Waals surface area contributed by atoms with E-state index in [-0.39, 0.29) is 6.10 Å². The van der Waals surface area contributed by atoms with Gasteiger partial charge in [0.05, 0.1) is 12.3 Å². The lowest BCUT2D eigenvalue weighted by atomic mass is 10.1. The van der Waals surface area contributed by atoms with E-state index in [0.717, 1.165) is 38.1 Å². The molecule has 0 aliphatic carbocycles. The molecule has 1 aliphatic rings. The lowest BCUT2D eigenvalue weighted by Crippen LogP contribution is -2.19. The molecular formula is C16H21N5O. The Labute approximate surface area is 130 Å². The molecule has 1 aromatic heterocycles. The van der Waals surface area contributed by atoms with E-state index >= 15 is 0 Å². The van der Waals surface area contributed by atoms with Crippen LogP contribution in [-0.4, -0.2) is 34.4 Å². The van der Waals surface area contributed by atoms with Gasteiger partial charge >= 0.3 is 0 Å². The van der Waals surface area contributed by atoms with Gasteiger partial charge in [-0.25, -0.2) is 0 Å². The number of aromatic nitrogens is 3. The molecule has 2 heterocycles. The molecule has 1 fully saturated rings. The number of rotatable bonds is 6. The molecule has 6 nitrogen and oxygen atoms in total. The van der Waals surface area contributed by atoms with Crippen molar-refractivity contribution in [3.8, 4) is 0 Å². The summed E-state index contributed by atoms with van der Waals surface area (Å²) in [6.07, 6.45) is 5.08. The van der Waals surface area contributed by atoms with Crippen LogP contribution in [0.5, 0.6) is 0 Å². The van der Waals surface area contributed by atoms with E-state index in [1.165, 1.54) is 5.56 Å². The molecule has 0 spiro atoms. The van der Waals surface area contributed by atoms with Crippen LogP contribution in [0.15, 0.2) is 30.5 Å².